The zero-order valence-corrected chi connectivity index (χ0v) is 12.5. The molecule has 0 atom stereocenters. The Bertz CT molecular complexity index is 372. The van der Waals surface area contributed by atoms with Gasteiger partial charge in [0, 0.05) is 36.2 Å². The van der Waals surface area contributed by atoms with Gasteiger partial charge in [0.15, 0.2) is 0 Å². The van der Waals surface area contributed by atoms with Crippen molar-refractivity contribution in [1.82, 2.24) is 4.90 Å². The first-order valence-corrected chi connectivity index (χ1v) is 7.26. The van der Waals surface area contributed by atoms with E-state index in [1.165, 1.54) is 11.3 Å². The molecular formula is C14H21BrN2. The molecule has 0 saturated carbocycles. The molecule has 1 aromatic rings. The van der Waals surface area contributed by atoms with Crippen LogP contribution in [0.5, 0.6) is 0 Å². The van der Waals surface area contributed by atoms with Gasteiger partial charge in [-0.1, -0.05) is 28.1 Å². The van der Waals surface area contributed by atoms with Gasteiger partial charge in [0.05, 0.1) is 0 Å². The third-order valence-corrected chi connectivity index (χ3v) is 4.42. The Balaban J connectivity index is 2.12. The van der Waals surface area contributed by atoms with Crippen molar-refractivity contribution in [2.24, 2.45) is 0 Å². The molecule has 0 aliphatic carbocycles. The number of hydrogen-bond donors (Lipinski definition) is 0. The number of likely N-dealkylation sites (N-methyl/N-ethyl adjacent to an activating group) is 1. The van der Waals surface area contributed by atoms with Crippen molar-refractivity contribution >= 4 is 21.6 Å². The van der Waals surface area contributed by atoms with Crippen LogP contribution in [0.1, 0.15) is 19.4 Å². The molecule has 0 aromatic heterocycles. The van der Waals surface area contributed by atoms with Gasteiger partial charge in [-0.05, 0) is 38.6 Å². The maximum absolute atomic E-state index is 3.48. The van der Waals surface area contributed by atoms with Gasteiger partial charge in [-0.3, -0.25) is 4.90 Å². The highest BCUT2D eigenvalue weighted by Gasteiger charge is 2.30. The lowest BCUT2D eigenvalue weighted by molar-refractivity contribution is 0.139. The number of alkyl halides is 1. The number of nitrogens with zero attached hydrogens (tertiary/aromatic N) is 2. The van der Waals surface area contributed by atoms with Crippen molar-refractivity contribution in [3.63, 3.8) is 0 Å². The third-order valence-electron chi connectivity index (χ3n) is 3.77. The molecular weight excluding hydrogens is 276 g/mol. The van der Waals surface area contributed by atoms with E-state index in [2.05, 4.69) is 70.9 Å². The minimum Gasteiger partial charge on any atom is -0.368 e. The van der Waals surface area contributed by atoms with Crippen LogP contribution in [0.2, 0.25) is 0 Å². The third kappa shape index (κ3) is 2.83. The van der Waals surface area contributed by atoms with Crippen molar-refractivity contribution in [2.75, 3.05) is 31.6 Å². The van der Waals surface area contributed by atoms with E-state index in [-0.39, 0.29) is 5.54 Å². The van der Waals surface area contributed by atoms with E-state index in [0.717, 1.165) is 25.0 Å². The highest BCUT2D eigenvalue weighted by atomic mass is 79.9. The summed E-state index contributed by atoms with van der Waals surface area (Å²) in [4.78, 5) is 4.92. The van der Waals surface area contributed by atoms with E-state index >= 15 is 0 Å². The van der Waals surface area contributed by atoms with Gasteiger partial charge in [0.2, 0.25) is 0 Å². The Hall–Kier alpha value is -0.540. The first-order chi connectivity index (χ1) is 8.03. The molecule has 1 aliphatic rings. The van der Waals surface area contributed by atoms with Gasteiger partial charge < -0.3 is 4.90 Å². The van der Waals surface area contributed by atoms with Gasteiger partial charge in [0.1, 0.15) is 0 Å². The molecule has 0 N–H and O–H groups in total. The number of halogens is 1. The lowest BCUT2D eigenvalue weighted by Gasteiger charge is -2.46. The highest BCUT2D eigenvalue weighted by Crippen LogP contribution is 2.24. The van der Waals surface area contributed by atoms with Crippen molar-refractivity contribution < 1.29 is 0 Å². The largest absolute Gasteiger partial charge is 0.368 e. The second-order valence-electron chi connectivity index (χ2n) is 5.46. The van der Waals surface area contributed by atoms with Gasteiger partial charge in [-0.15, -0.1) is 0 Å². The van der Waals surface area contributed by atoms with E-state index in [1.807, 2.05) is 0 Å². The average Bonchev–Trinajstić information content (AvgIpc) is 2.33. The van der Waals surface area contributed by atoms with Crippen LogP contribution in [0.3, 0.4) is 0 Å². The fraction of sp³-hybridized carbons (Fsp3) is 0.571. The summed E-state index contributed by atoms with van der Waals surface area (Å²) in [6.45, 7) is 7.97. The molecule has 94 valence electrons. The maximum Gasteiger partial charge on any atom is 0.0367 e. The van der Waals surface area contributed by atoms with Crippen LogP contribution < -0.4 is 4.90 Å². The Kier molecular flexibility index (Phi) is 3.79. The molecule has 3 heteroatoms. The van der Waals surface area contributed by atoms with Gasteiger partial charge >= 0.3 is 0 Å². The number of piperazine rings is 1. The Morgan fingerprint density at radius 2 is 1.82 bits per heavy atom. The van der Waals surface area contributed by atoms with E-state index in [0.29, 0.717) is 0 Å². The number of anilines is 1. The summed E-state index contributed by atoms with van der Waals surface area (Å²) >= 11 is 3.48. The first kappa shape index (κ1) is 12.9. The van der Waals surface area contributed by atoms with Gasteiger partial charge in [0.25, 0.3) is 0 Å². The van der Waals surface area contributed by atoms with E-state index in [1.54, 1.807) is 0 Å². The molecule has 1 heterocycles. The second-order valence-corrected chi connectivity index (χ2v) is 6.02. The monoisotopic (exact) mass is 296 g/mol. The normalized spacial score (nSPS) is 20.6. The summed E-state index contributed by atoms with van der Waals surface area (Å²) in [5.41, 5.74) is 2.94. The van der Waals surface area contributed by atoms with Gasteiger partial charge in [-0.2, -0.15) is 0 Å². The topological polar surface area (TPSA) is 6.48 Å². The van der Waals surface area contributed by atoms with Crippen LogP contribution in [-0.2, 0) is 5.33 Å². The van der Waals surface area contributed by atoms with Crippen LogP contribution in [0.25, 0.3) is 0 Å². The van der Waals surface area contributed by atoms with E-state index in [4.69, 9.17) is 0 Å². The minimum absolute atomic E-state index is 0.256. The lowest BCUT2D eigenvalue weighted by Crippen LogP contribution is -2.57. The molecule has 0 unspecified atom stereocenters. The van der Waals surface area contributed by atoms with Crippen molar-refractivity contribution in [1.29, 1.82) is 0 Å². The van der Waals surface area contributed by atoms with Crippen LogP contribution in [0, 0.1) is 0 Å². The predicted octanol–water partition coefficient (Wildman–Crippen LogP) is 3.11. The summed E-state index contributed by atoms with van der Waals surface area (Å²) in [6.07, 6.45) is 0. The van der Waals surface area contributed by atoms with Crippen LogP contribution >= 0.6 is 15.9 Å². The van der Waals surface area contributed by atoms with Crippen molar-refractivity contribution in [2.45, 2.75) is 24.7 Å². The molecule has 0 spiro atoms. The molecule has 17 heavy (non-hydrogen) atoms. The zero-order chi connectivity index (χ0) is 12.5. The number of benzene rings is 1. The van der Waals surface area contributed by atoms with Crippen molar-refractivity contribution in [3.8, 4) is 0 Å². The molecule has 2 nitrogen and oxygen atoms in total. The molecule has 0 amide bonds. The molecule has 1 aliphatic heterocycles. The molecule has 1 aromatic carbocycles. The first-order valence-electron chi connectivity index (χ1n) is 6.14. The van der Waals surface area contributed by atoms with Gasteiger partial charge in [-0.25, -0.2) is 0 Å². The van der Waals surface area contributed by atoms with Crippen molar-refractivity contribution in [3.05, 3.63) is 29.8 Å². The summed E-state index contributed by atoms with van der Waals surface area (Å²) < 4.78 is 0. The number of rotatable bonds is 2. The van der Waals surface area contributed by atoms with Crippen LogP contribution in [-0.4, -0.2) is 37.1 Å². The minimum atomic E-state index is 0.256. The second kappa shape index (κ2) is 4.99. The molecule has 1 saturated heterocycles. The average molecular weight is 297 g/mol. The Labute approximate surface area is 113 Å². The van der Waals surface area contributed by atoms with Crippen LogP contribution in [0.4, 0.5) is 5.69 Å². The predicted molar refractivity (Wildman–Crippen MR) is 78.0 cm³/mol. The number of hydrogen-bond acceptors (Lipinski definition) is 2. The maximum atomic E-state index is 3.48. The quantitative estimate of drug-likeness (QED) is 0.774. The standard InChI is InChI=1S/C14H21BrN2/c1-14(2)11-17(9-8-16(14)3)13-6-4-12(10-15)5-7-13/h4-7H,8-11H2,1-3H3. The summed E-state index contributed by atoms with van der Waals surface area (Å²) in [6, 6.07) is 8.88. The zero-order valence-electron chi connectivity index (χ0n) is 10.9. The molecule has 0 bridgehead atoms. The SMILES string of the molecule is CN1CCN(c2ccc(CBr)cc2)CC1(C)C. The van der Waals surface area contributed by atoms with E-state index < -0.39 is 0 Å². The lowest BCUT2D eigenvalue weighted by atomic mass is 9.99. The Morgan fingerprint density at radius 1 is 1.18 bits per heavy atom. The summed E-state index contributed by atoms with van der Waals surface area (Å²) in [5, 5.41) is 0.932. The van der Waals surface area contributed by atoms with E-state index in [9.17, 15) is 0 Å². The van der Waals surface area contributed by atoms with Crippen LogP contribution in [0.15, 0.2) is 24.3 Å². The fourth-order valence-electron chi connectivity index (χ4n) is 2.26. The highest BCUT2D eigenvalue weighted by molar-refractivity contribution is 9.08. The smallest absolute Gasteiger partial charge is 0.0367 e. The Morgan fingerprint density at radius 3 is 2.35 bits per heavy atom. The molecule has 0 radical (unpaired) electrons. The summed E-state index contributed by atoms with van der Waals surface area (Å²) in [7, 11) is 2.21. The molecule has 1 fully saturated rings. The fourth-order valence-corrected chi connectivity index (χ4v) is 2.63. The summed E-state index contributed by atoms with van der Waals surface area (Å²) in [5.74, 6) is 0. The molecule has 2 rings (SSSR count).